The zero-order valence-corrected chi connectivity index (χ0v) is 20.9. The lowest BCUT2D eigenvalue weighted by Gasteiger charge is -2.04. The van der Waals surface area contributed by atoms with Crippen LogP contribution in [0.2, 0.25) is 0 Å². The van der Waals surface area contributed by atoms with Crippen LogP contribution in [0.5, 0.6) is 0 Å². The van der Waals surface area contributed by atoms with Crippen LogP contribution >= 0.6 is 11.3 Å². The maximum Gasteiger partial charge on any atom is 0.271 e. The number of oxazole rings is 1. The van der Waals surface area contributed by atoms with Crippen LogP contribution < -0.4 is 10.7 Å². The predicted molar refractivity (Wildman–Crippen MR) is 141 cm³/mol. The predicted octanol–water partition coefficient (Wildman–Crippen LogP) is 4.68. The largest absolute Gasteiger partial charge is 0.447 e. The fourth-order valence-electron chi connectivity index (χ4n) is 4.87. The minimum atomic E-state index is 0.286. The number of benzene rings is 2. The lowest BCUT2D eigenvalue weighted by atomic mass is 10.1. The van der Waals surface area contributed by atoms with Crippen LogP contribution in [0, 0.1) is 31.8 Å². The molecule has 0 atom stereocenters. The maximum absolute atomic E-state index is 10.3. The van der Waals surface area contributed by atoms with E-state index in [0.717, 1.165) is 43.1 Å². The molecular weight excluding hydrogens is 468 g/mol. The number of fused-ring (bicyclic) bond motifs is 3. The molecule has 7 nitrogen and oxygen atoms in total. The third-order valence-corrected chi connectivity index (χ3v) is 7.87. The highest BCUT2D eigenvalue weighted by molar-refractivity contribution is 7.19. The second kappa shape index (κ2) is 7.94. The van der Waals surface area contributed by atoms with Crippen molar-refractivity contribution in [1.29, 1.82) is 5.26 Å². The van der Waals surface area contributed by atoms with Crippen LogP contribution in [0.3, 0.4) is 0 Å². The average molecular weight is 489 g/mol. The monoisotopic (exact) mass is 488 g/mol. The van der Waals surface area contributed by atoms with Crippen molar-refractivity contribution in [2.24, 2.45) is 14.1 Å². The van der Waals surface area contributed by atoms with Crippen molar-refractivity contribution in [3.8, 4) is 6.07 Å². The highest BCUT2D eigenvalue weighted by atomic mass is 32.1. The summed E-state index contributed by atoms with van der Waals surface area (Å²) in [4.78, 5) is 13.2. The molecule has 0 amide bonds. The Morgan fingerprint density at radius 2 is 1.58 bits per heavy atom. The highest BCUT2D eigenvalue weighted by Crippen LogP contribution is 2.28. The highest BCUT2D eigenvalue weighted by Gasteiger charge is 2.23. The number of nitrogens with zero attached hydrogens (tertiary/aromatic N) is 6. The summed E-state index contributed by atoms with van der Waals surface area (Å²) in [6.45, 7) is 12.1. The zero-order valence-electron chi connectivity index (χ0n) is 20.1. The minimum absolute atomic E-state index is 0.286. The Kier molecular flexibility index (Phi) is 4.82. The van der Waals surface area contributed by atoms with Crippen LogP contribution in [0.25, 0.3) is 48.2 Å². The van der Waals surface area contributed by atoms with Crippen LogP contribution in [-0.4, -0.2) is 19.1 Å². The van der Waals surface area contributed by atoms with E-state index in [1.54, 1.807) is 0 Å². The molecule has 0 fully saturated rings. The summed E-state index contributed by atoms with van der Waals surface area (Å²) in [5.41, 5.74) is 4.97. The Labute approximate surface area is 210 Å². The average Bonchev–Trinajstić information content (AvgIpc) is 3.62. The van der Waals surface area contributed by atoms with E-state index in [2.05, 4.69) is 15.9 Å². The van der Waals surface area contributed by atoms with Crippen molar-refractivity contribution in [2.45, 2.75) is 13.8 Å². The quantitative estimate of drug-likeness (QED) is 0.332. The molecule has 0 spiro atoms. The second-order valence-corrected chi connectivity index (χ2v) is 9.69. The third-order valence-electron chi connectivity index (χ3n) is 6.81. The third kappa shape index (κ3) is 2.95. The number of aromatic nitrogens is 4. The second-order valence-electron chi connectivity index (χ2n) is 8.66. The molecule has 0 saturated heterocycles. The topological polar surface area (TPSA) is 76.9 Å². The van der Waals surface area contributed by atoms with Gasteiger partial charge in [-0.3, -0.25) is 0 Å². The van der Waals surface area contributed by atoms with Gasteiger partial charge in [-0.2, -0.15) is 5.26 Å². The Morgan fingerprint density at radius 1 is 0.944 bits per heavy atom. The first-order chi connectivity index (χ1) is 17.4. The summed E-state index contributed by atoms with van der Waals surface area (Å²) in [5.74, 6) is 0.286. The van der Waals surface area contributed by atoms with Gasteiger partial charge in [0.15, 0.2) is 5.58 Å². The molecule has 0 radical (unpaired) electrons. The first-order valence-corrected chi connectivity index (χ1v) is 12.1. The molecule has 6 aromatic rings. The molecule has 2 aromatic carbocycles. The van der Waals surface area contributed by atoms with Gasteiger partial charge < -0.3 is 13.6 Å². The van der Waals surface area contributed by atoms with Crippen molar-refractivity contribution in [3.05, 3.63) is 92.9 Å². The van der Waals surface area contributed by atoms with Crippen LogP contribution in [-0.2, 0) is 14.1 Å². The van der Waals surface area contributed by atoms with Gasteiger partial charge in [0.2, 0.25) is 5.89 Å². The lowest BCUT2D eigenvalue weighted by molar-refractivity contribution is 0.584. The van der Waals surface area contributed by atoms with E-state index in [4.69, 9.17) is 16.0 Å². The summed E-state index contributed by atoms with van der Waals surface area (Å²) in [7, 11) is 3.89. The van der Waals surface area contributed by atoms with Gasteiger partial charge in [0.25, 0.3) is 5.70 Å². The summed E-state index contributed by atoms with van der Waals surface area (Å²) in [5, 5.41) is 14.4. The Balaban J connectivity index is 1.78. The first-order valence-electron chi connectivity index (χ1n) is 11.3. The van der Waals surface area contributed by atoms with E-state index in [9.17, 15) is 5.26 Å². The Hall–Kier alpha value is -4.66. The molecule has 0 unspecified atom stereocenters. The lowest BCUT2D eigenvalue weighted by Crippen LogP contribution is -2.21. The van der Waals surface area contributed by atoms with Gasteiger partial charge in [-0.25, -0.2) is 14.8 Å². The van der Waals surface area contributed by atoms with Gasteiger partial charge in [0.1, 0.15) is 22.2 Å². The molecule has 0 saturated carbocycles. The van der Waals surface area contributed by atoms with Crippen LogP contribution in [0.1, 0.15) is 22.3 Å². The number of nitriles is 1. The van der Waals surface area contributed by atoms with E-state index in [-0.39, 0.29) is 5.89 Å². The smallest absolute Gasteiger partial charge is 0.271 e. The van der Waals surface area contributed by atoms with Gasteiger partial charge in [-0.15, -0.1) is 11.3 Å². The fourth-order valence-corrected chi connectivity index (χ4v) is 5.84. The molecule has 0 aliphatic rings. The molecular formula is C28H20N6OS. The summed E-state index contributed by atoms with van der Waals surface area (Å²) in [6.07, 6.45) is 0. The first kappa shape index (κ1) is 21.8. The SMILES string of the molecule is [C-]#[N+]/C(c1nc2ccccc2o1)=c1\c2c(C)n(C)/c(=C(/C#N)c3nc4ccccc4s3)c2c(C)n1C. The van der Waals surface area contributed by atoms with E-state index in [1.165, 1.54) is 11.3 Å². The Morgan fingerprint density at radius 3 is 2.25 bits per heavy atom. The van der Waals surface area contributed by atoms with Gasteiger partial charge >= 0.3 is 0 Å². The van der Waals surface area contributed by atoms with E-state index >= 15 is 0 Å². The molecule has 4 heterocycles. The normalized spacial score (nSPS) is 13.3. The number of hydrogen-bond donors (Lipinski definition) is 0. The molecule has 0 N–H and O–H groups in total. The molecule has 0 bridgehead atoms. The van der Waals surface area contributed by atoms with Crippen molar-refractivity contribution in [3.63, 3.8) is 0 Å². The number of rotatable bonds is 2. The van der Waals surface area contributed by atoms with Gasteiger partial charge in [-0.1, -0.05) is 24.3 Å². The maximum atomic E-state index is 10.3. The van der Waals surface area contributed by atoms with Crippen LogP contribution in [0.15, 0.2) is 52.9 Å². The van der Waals surface area contributed by atoms with Gasteiger partial charge in [-0.05, 0) is 38.1 Å². The Bertz CT molecular complexity index is 1850. The van der Waals surface area contributed by atoms with Gasteiger partial charge in [0.05, 0.1) is 27.5 Å². The van der Waals surface area contributed by atoms with Crippen LogP contribution in [0.4, 0.5) is 0 Å². The molecule has 0 aliphatic carbocycles. The number of para-hydroxylation sites is 3. The summed E-state index contributed by atoms with van der Waals surface area (Å²) < 4.78 is 11.0. The standard InChI is InChI=1S/C28H20N6OS/c1-15-22-23(26(34(15)5)24(30-3)27-31-18-10-6-8-12-20(18)35-27)16(2)33(4)25(22)17(14-29)28-32-19-11-7-9-13-21(19)36-28/h6-13H,1-2,4-5H3/b25-17-,26-24+. The number of hydrogen-bond acceptors (Lipinski definition) is 5. The summed E-state index contributed by atoms with van der Waals surface area (Å²) in [6, 6.07) is 17.8. The van der Waals surface area contributed by atoms with E-state index < -0.39 is 0 Å². The van der Waals surface area contributed by atoms with E-state index in [0.29, 0.717) is 27.4 Å². The van der Waals surface area contributed by atoms with Crippen molar-refractivity contribution < 1.29 is 4.42 Å². The molecule has 6 rings (SSSR count). The molecule has 8 heteroatoms. The minimum Gasteiger partial charge on any atom is -0.447 e. The van der Waals surface area contributed by atoms with E-state index in [1.807, 2.05) is 85.6 Å². The number of aryl methyl sites for hydroxylation is 2. The van der Waals surface area contributed by atoms with Crippen molar-refractivity contribution in [2.75, 3.05) is 0 Å². The number of thiazole rings is 1. The van der Waals surface area contributed by atoms with Crippen molar-refractivity contribution >= 4 is 54.7 Å². The molecule has 4 aromatic heterocycles. The summed E-state index contributed by atoms with van der Waals surface area (Å²) >= 11 is 1.51. The molecule has 174 valence electrons. The van der Waals surface area contributed by atoms with Gasteiger partial charge in [0, 0.05) is 36.3 Å². The molecule has 0 aliphatic heterocycles. The zero-order chi connectivity index (χ0) is 25.1. The fraction of sp³-hybridized carbons (Fsp3) is 0.143. The molecule has 36 heavy (non-hydrogen) atoms. The van der Waals surface area contributed by atoms with Crippen molar-refractivity contribution in [1.82, 2.24) is 19.1 Å².